The summed E-state index contributed by atoms with van der Waals surface area (Å²) in [7, 11) is 0. The summed E-state index contributed by atoms with van der Waals surface area (Å²) in [6, 6.07) is 17.0. The van der Waals surface area contributed by atoms with Crippen LogP contribution in [0.15, 0.2) is 67.0 Å². The van der Waals surface area contributed by atoms with E-state index < -0.39 is 6.36 Å². The molecule has 1 unspecified atom stereocenters. The van der Waals surface area contributed by atoms with E-state index in [0.717, 1.165) is 52.8 Å². The van der Waals surface area contributed by atoms with Crippen molar-refractivity contribution in [1.29, 1.82) is 0 Å². The van der Waals surface area contributed by atoms with E-state index in [4.69, 9.17) is 12.2 Å². The molecule has 42 heavy (non-hydrogen) atoms. The lowest BCUT2D eigenvalue weighted by Crippen LogP contribution is -2.47. The highest BCUT2D eigenvalue weighted by Gasteiger charge is 2.31. The molecule has 2 amide bonds. The number of hydrogen-bond donors (Lipinski definition) is 3. The number of para-hydroxylation sites is 1. The first-order valence-corrected chi connectivity index (χ1v) is 13.9. The average molecular weight is 595 g/mol. The number of amides is 2. The third kappa shape index (κ3) is 7.06. The Balaban J connectivity index is 1.17. The molecule has 3 aromatic carbocycles. The molecule has 1 aliphatic rings. The normalized spacial score (nSPS) is 14.5. The van der Waals surface area contributed by atoms with E-state index in [0.29, 0.717) is 17.9 Å². The van der Waals surface area contributed by atoms with Gasteiger partial charge in [-0.05, 0) is 97.4 Å². The van der Waals surface area contributed by atoms with E-state index >= 15 is 0 Å². The first kappa shape index (κ1) is 29.1. The molecule has 1 atom stereocenters. The number of nitrogens with one attached hydrogen (secondary N) is 3. The fourth-order valence-corrected chi connectivity index (χ4v) is 5.20. The lowest BCUT2D eigenvalue weighted by Gasteiger charge is -2.26. The third-order valence-corrected chi connectivity index (χ3v) is 7.26. The van der Waals surface area contributed by atoms with E-state index in [1.807, 2.05) is 43.3 Å². The zero-order valence-electron chi connectivity index (χ0n) is 23.0. The van der Waals surface area contributed by atoms with E-state index in [1.54, 1.807) is 0 Å². The SMILES string of the molecule is CCc1cccc(C)c1NC(=S)NC(=O)NC1CCc2cc(-c3ncn(-c4ccc(OC(F)(F)F)cc4)n3)ccc2C1. The van der Waals surface area contributed by atoms with Crippen molar-refractivity contribution in [2.24, 2.45) is 0 Å². The van der Waals surface area contributed by atoms with Crippen LogP contribution in [-0.2, 0) is 19.3 Å². The van der Waals surface area contributed by atoms with Gasteiger partial charge in [-0.3, -0.25) is 5.32 Å². The maximum absolute atomic E-state index is 12.7. The van der Waals surface area contributed by atoms with Crippen molar-refractivity contribution in [3.8, 4) is 22.8 Å². The van der Waals surface area contributed by atoms with Crippen LogP contribution < -0.4 is 20.7 Å². The summed E-state index contributed by atoms with van der Waals surface area (Å²) in [5.41, 5.74) is 6.75. The number of aryl methyl sites for hydroxylation is 3. The Kier molecular flexibility index (Phi) is 8.44. The van der Waals surface area contributed by atoms with Gasteiger partial charge in [0.2, 0.25) is 0 Å². The molecular weight excluding hydrogens is 565 g/mol. The molecule has 0 aliphatic heterocycles. The zero-order chi connectivity index (χ0) is 29.9. The minimum Gasteiger partial charge on any atom is -0.406 e. The monoisotopic (exact) mass is 594 g/mol. The number of rotatable bonds is 6. The summed E-state index contributed by atoms with van der Waals surface area (Å²) >= 11 is 5.39. The van der Waals surface area contributed by atoms with Crippen molar-refractivity contribution in [3.05, 3.63) is 89.2 Å². The van der Waals surface area contributed by atoms with Gasteiger partial charge in [0.15, 0.2) is 10.9 Å². The molecule has 0 radical (unpaired) electrons. The van der Waals surface area contributed by atoms with Gasteiger partial charge in [-0.2, -0.15) is 0 Å². The van der Waals surface area contributed by atoms with Crippen LogP contribution in [0, 0.1) is 6.92 Å². The van der Waals surface area contributed by atoms with Gasteiger partial charge in [-0.25, -0.2) is 14.5 Å². The highest BCUT2D eigenvalue weighted by molar-refractivity contribution is 7.80. The summed E-state index contributed by atoms with van der Waals surface area (Å²) in [6.07, 6.45) is -0.193. The van der Waals surface area contributed by atoms with Crippen LogP contribution in [0.2, 0.25) is 0 Å². The summed E-state index contributed by atoms with van der Waals surface area (Å²) in [5.74, 6) is 0.188. The fourth-order valence-electron chi connectivity index (χ4n) is 5.01. The number of alkyl halides is 3. The minimum absolute atomic E-state index is 0.0440. The van der Waals surface area contributed by atoms with E-state index in [9.17, 15) is 18.0 Å². The minimum atomic E-state index is -4.75. The first-order valence-electron chi connectivity index (χ1n) is 13.4. The number of carbonyl (C=O) groups excluding carboxylic acids is 1. The van der Waals surface area contributed by atoms with Crippen LogP contribution in [0.5, 0.6) is 5.75 Å². The van der Waals surface area contributed by atoms with Gasteiger partial charge in [0.05, 0.1) is 5.69 Å². The molecule has 0 saturated carbocycles. The Bertz CT molecular complexity index is 1600. The van der Waals surface area contributed by atoms with Gasteiger partial charge in [-0.15, -0.1) is 18.3 Å². The van der Waals surface area contributed by atoms with Crippen molar-refractivity contribution in [2.75, 3.05) is 5.32 Å². The standard InChI is InChI=1S/C30H29F3N6O2S/c1-3-19-6-4-5-18(2)26(19)36-29(42)37-28(40)35-23-10-9-20-15-22(8-7-21(20)16-23)27-34-17-39(38-27)24-11-13-25(14-12-24)41-30(31,32)33/h4-8,11-15,17,23H,3,9-10,16H2,1-2H3,(H3,35,36,37,40,42). The van der Waals surface area contributed by atoms with Gasteiger partial charge >= 0.3 is 12.4 Å². The molecule has 4 aromatic rings. The number of nitrogens with zero attached hydrogens (tertiary/aromatic N) is 3. The zero-order valence-corrected chi connectivity index (χ0v) is 23.8. The molecule has 0 bridgehead atoms. The number of aromatic nitrogens is 3. The Morgan fingerprint density at radius 2 is 1.90 bits per heavy atom. The summed E-state index contributed by atoms with van der Waals surface area (Å²) in [4.78, 5) is 17.1. The molecule has 3 N–H and O–H groups in total. The Labute approximate surface area is 246 Å². The number of halogens is 3. The van der Waals surface area contributed by atoms with Crippen LogP contribution in [0.25, 0.3) is 17.1 Å². The number of carbonyl (C=O) groups is 1. The predicted octanol–water partition coefficient (Wildman–Crippen LogP) is 6.26. The molecule has 0 spiro atoms. The Morgan fingerprint density at radius 1 is 1.12 bits per heavy atom. The number of thiocarbonyl (C=S) groups is 1. The second-order valence-corrected chi connectivity index (χ2v) is 10.4. The number of fused-ring (bicyclic) bond motifs is 1. The smallest absolute Gasteiger partial charge is 0.406 e. The second-order valence-electron chi connectivity index (χ2n) is 9.99. The lowest BCUT2D eigenvalue weighted by molar-refractivity contribution is -0.274. The van der Waals surface area contributed by atoms with E-state index in [2.05, 4.69) is 37.7 Å². The van der Waals surface area contributed by atoms with Gasteiger partial charge in [0.25, 0.3) is 0 Å². The first-order chi connectivity index (χ1) is 20.1. The largest absolute Gasteiger partial charge is 0.573 e. The summed E-state index contributed by atoms with van der Waals surface area (Å²) in [6.45, 7) is 4.06. The Morgan fingerprint density at radius 3 is 2.64 bits per heavy atom. The molecule has 218 valence electrons. The molecule has 5 rings (SSSR count). The number of ether oxygens (including phenoxy) is 1. The average Bonchev–Trinajstić information content (AvgIpc) is 3.44. The number of hydrogen-bond acceptors (Lipinski definition) is 5. The van der Waals surface area contributed by atoms with E-state index in [1.165, 1.54) is 35.3 Å². The van der Waals surface area contributed by atoms with Crippen molar-refractivity contribution >= 4 is 29.0 Å². The summed E-state index contributed by atoms with van der Waals surface area (Å²) in [5, 5.41) is 13.7. The maximum atomic E-state index is 12.7. The van der Waals surface area contributed by atoms with Crippen LogP contribution >= 0.6 is 12.2 Å². The number of benzene rings is 3. The van der Waals surface area contributed by atoms with Gasteiger partial charge in [0, 0.05) is 17.3 Å². The van der Waals surface area contributed by atoms with Gasteiger partial charge in [0.1, 0.15) is 12.1 Å². The van der Waals surface area contributed by atoms with Crippen LogP contribution in [0.4, 0.5) is 23.7 Å². The quantitative estimate of drug-likeness (QED) is 0.228. The van der Waals surface area contributed by atoms with Crippen LogP contribution in [-0.4, -0.2) is 38.3 Å². The van der Waals surface area contributed by atoms with Gasteiger partial charge < -0.3 is 15.4 Å². The molecule has 0 saturated heterocycles. The second kappa shape index (κ2) is 12.2. The van der Waals surface area contributed by atoms with Crippen LogP contribution in [0.3, 0.4) is 0 Å². The molecule has 0 fully saturated rings. The van der Waals surface area contributed by atoms with Crippen molar-refractivity contribution in [2.45, 2.75) is 51.9 Å². The topological polar surface area (TPSA) is 93.1 Å². The molecule has 1 aliphatic carbocycles. The fraction of sp³-hybridized carbons (Fsp3) is 0.267. The predicted molar refractivity (Wildman–Crippen MR) is 158 cm³/mol. The van der Waals surface area contributed by atoms with E-state index in [-0.39, 0.29) is 22.9 Å². The molecule has 8 nitrogen and oxygen atoms in total. The lowest BCUT2D eigenvalue weighted by atomic mass is 9.87. The van der Waals surface area contributed by atoms with Crippen molar-refractivity contribution in [3.63, 3.8) is 0 Å². The molecule has 12 heteroatoms. The van der Waals surface area contributed by atoms with Crippen LogP contribution in [0.1, 0.15) is 35.6 Å². The number of anilines is 1. The highest BCUT2D eigenvalue weighted by atomic mass is 32.1. The Hall–Kier alpha value is -4.45. The molecular formula is C30H29F3N6O2S. The van der Waals surface area contributed by atoms with Crippen molar-refractivity contribution in [1.82, 2.24) is 25.4 Å². The number of urea groups is 1. The molecule has 1 aromatic heterocycles. The third-order valence-electron chi connectivity index (χ3n) is 7.06. The summed E-state index contributed by atoms with van der Waals surface area (Å²) < 4.78 is 42.7. The molecule has 1 heterocycles. The van der Waals surface area contributed by atoms with Crippen molar-refractivity contribution < 1.29 is 22.7 Å². The maximum Gasteiger partial charge on any atom is 0.573 e. The van der Waals surface area contributed by atoms with Gasteiger partial charge in [-0.1, -0.05) is 37.3 Å². The highest BCUT2D eigenvalue weighted by Crippen LogP contribution is 2.28.